The molecule has 0 saturated heterocycles. The number of para-hydroxylation sites is 1. The maximum absolute atomic E-state index is 11.9. The molecule has 2 aromatic carbocycles. The lowest BCUT2D eigenvalue weighted by Gasteiger charge is -2.00. The van der Waals surface area contributed by atoms with Crippen LogP contribution in [0.5, 0.6) is 11.5 Å². The van der Waals surface area contributed by atoms with Crippen molar-refractivity contribution in [1.29, 1.82) is 0 Å². The van der Waals surface area contributed by atoms with Gasteiger partial charge in [0.25, 0.3) is 5.69 Å². The first-order chi connectivity index (χ1) is 9.99. The molecule has 0 aromatic heterocycles. The van der Waals surface area contributed by atoms with Gasteiger partial charge < -0.3 is 10.2 Å². The molecular weight excluding hydrogens is 274 g/mol. The van der Waals surface area contributed by atoms with Gasteiger partial charge in [-0.1, -0.05) is 12.1 Å². The molecule has 0 heterocycles. The lowest BCUT2D eigenvalue weighted by Crippen LogP contribution is -1.95. The fraction of sp³-hybridized carbons (Fsp3) is 0. The quantitative estimate of drug-likeness (QED) is 0.389. The van der Waals surface area contributed by atoms with Crippen LogP contribution in [-0.2, 0) is 0 Å². The first kappa shape index (κ1) is 14.3. The molecule has 0 unspecified atom stereocenters. The van der Waals surface area contributed by atoms with Gasteiger partial charge in [0.15, 0.2) is 5.78 Å². The van der Waals surface area contributed by atoms with Crippen LogP contribution in [-0.4, -0.2) is 20.9 Å². The summed E-state index contributed by atoms with van der Waals surface area (Å²) in [5.74, 6) is -0.807. The molecule has 0 aliphatic carbocycles. The molecule has 0 bridgehead atoms. The number of hydrogen-bond donors (Lipinski definition) is 2. The average molecular weight is 285 g/mol. The summed E-state index contributed by atoms with van der Waals surface area (Å²) in [5, 5.41) is 29.8. The zero-order chi connectivity index (χ0) is 15.4. The molecule has 6 nitrogen and oxygen atoms in total. The summed E-state index contributed by atoms with van der Waals surface area (Å²) < 4.78 is 0. The van der Waals surface area contributed by atoms with E-state index in [1.807, 2.05) is 0 Å². The van der Waals surface area contributed by atoms with E-state index in [2.05, 4.69) is 0 Å². The van der Waals surface area contributed by atoms with Crippen LogP contribution in [0.2, 0.25) is 0 Å². The normalized spacial score (nSPS) is 10.7. The highest BCUT2D eigenvalue weighted by molar-refractivity contribution is 6.08. The topological polar surface area (TPSA) is 101 Å². The van der Waals surface area contributed by atoms with Gasteiger partial charge in [0.2, 0.25) is 0 Å². The number of phenolic OH excluding ortho intramolecular Hbond substituents is 2. The van der Waals surface area contributed by atoms with Gasteiger partial charge in [-0.25, -0.2) is 0 Å². The Hall–Kier alpha value is -3.15. The molecule has 21 heavy (non-hydrogen) atoms. The van der Waals surface area contributed by atoms with Gasteiger partial charge in [0, 0.05) is 6.07 Å². The molecular formula is C15H11NO5. The van der Waals surface area contributed by atoms with Gasteiger partial charge in [-0.05, 0) is 36.4 Å². The Labute approximate surface area is 119 Å². The van der Waals surface area contributed by atoms with E-state index in [1.54, 1.807) is 12.1 Å². The fourth-order valence-corrected chi connectivity index (χ4v) is 1.78. The second-order valence-electron chi connectivity index (χ2n) is 4.21. The average Bonchev–Trinajstić information content (AvgIpc) is 2.45. The number of hydrogen-bond acceptors (Lipinski definition) is 5. The number of aromatic hydroxyl groups is 2. The van der Waals surface area contributed by atoms with Gasteiger partial charge in [-0.15, -0.1) is 0 Å². The minimum atomic E-state index is -0.608. The number of phenols is 2. The molecule has 0 radical (unpaired) electrons. The number of nitro groups is 1. The van der Waals surface area contributed by atoms with Crippen LogP contribution in [0.3, 0.4) is 0 Å². The summed E-state index contributed by atoms with van der Waals surface area (Å²) in [7, 11) is 0. The Bertz CT molecular complexity index is 737. The minimum Gasteiger partial charge on any atom is -0.508 e. The highest BCUT2D eigenvalue weighted by atomic mass is 16.6. The third kappa shape index (κ3) is 3.24. The predicted octanol–water partition coefficient (Wildman–Crippen LogP) is 2.90. The van der Waals surface area contributed by atoms with Crippen LogP contribution >= 0.6 is 0 Å². The van der Waals surface area contributed by atoms with E-state index in [0.29, 0.717) is 0 Å². The van der Waals surface area contributed by atoms with Crippen LogP contribution in [0.1, 0.15) is 15.9 Å². The first-order valence-electron chi connectivity index (χ1n) is 5.97. The van der Waals surface area contributed by atoms with Crippen molar-refractivity contribution in [3.8, 4) is 11.5 Å². The van der Waals surface area contributed by atoms with E-state index in [-0.39, 0.29) is 28.3 Å². The zero-order valence-electron chi connectivity index (χ0n) is 10.8. The van der Waals surface area contributed by atoms with Crippen LogP contribution in [0.25, 0.3) is 6.08 Å². The van der Waals surface area contributed by atoms with Crippen molar-refractivity contribution < 1.29 is 19.9 Å². The summed E-state index contributed by atoms with van der Waals surface area (Å²) in [5.41, 5.74) is -0.0329. The van der Waals surface area contributed by atoms with Crippen molar-refractivity contribution in [3.05, 3.63) is 69.8 Å². The Balaban J connectivity index is 2.34. The molecule has 2 N–H and O–H groups in total. The molecule has 2 rings (SSSR count). The van der Waals surface area contributed by atoms with Gasteiger partial charge in [-0.3, -0.25) is 14.9 Å². The number of ketones is 1. The van der Waals surface area contributed by atoms with Gasteiger partial charge in [-0.2, -0.15) is 0 Å². The highest BCUT2D eigenvalue weighted by Gasteiger charge is 2.13. The lowest BCUT2D eigenvalue weighted by molar-refractivity contribution is -0.385. The molecule has 106 valence electrons. The van der Waals surface area contributed by atoms with Crippen LogP contribution in [0.15, 0.2) is 48.5 Å². The van der Waals surface area contributed by atoms with E-state index in [9.17, 15) is 25.1 Å². The summed E-state index contributed by atoms with van der Waals surface area (Å²) >= 11 is 0. The number of carbonyl (C=O) groups is 1. The van der Waals surface area contributed by atoms with Crippen molar-refractivity contribution in [2.45, 2.75) is 0 Å². The number of benzene rings is 2. The van der Waals surface area contributed by atoms with Crippen molar-refractivity contribution in [2.75, 3.05) is 0 Å². The van der Waals surface area contributed by atoms with Gasteiger partial charge >= 0.3 is 0 Å². The van der Waals surface area contributed by atoms with Crippen LogP contribution < -0.4 is 0 Å². The molecule has 0 fully saturated rings. The number of nitro benzene ring substituents is 1. The summed E-state index contributed by atoms with van der Waals surface area (Å²) in [6, 6.07) is 9.52. The van der Waals surface area contributed by atoms with Crippen molar-refractivity contribution in [2.24, 2.45) is 0 Å². The lowest BCUT2D eigenvalue weighted by atomic mass is 10.1. The summed E-state index contributed by atoms with van der Waals surface area (Å²) in [6.45, 7) is 0. The number of nitrogens with zero attached hydrogens (tertiary/aromatic N) is 1. The van der Waals surface area contributed by atoms with E-state index in [1.165, 1.54) is 30.3 Å². The highest BCUT2D eigenvalue weighted by Crippen LogP contribution is 2.25. The number of carbonyl (C=O) groups excluding carboxylic acids is 1. The molecule has 0 aliphatic rings. The number of allylic oxidation sites excluding steroid dienone is 1. The molecule has 2 aromatic rings. The van der Waals surface area contributed by atoms with Crippen molar-refractivity contribution in [3.63, 3.8) is 0 Å². The van der Waals surface area contributed by atoms with E-state index < -0.39 is 10.7 Å². The third-order valence-electron chi connectivity index (χ3n) is 2.79. The Morgan fingerprint density at radius 2 is 1.86 bits per heavy atom. The molecule has 0 amide bonds. The van der Waals surface area contributed by atoms with Crippen molar-refractivity contribution >= 4 is 17.5 Å². The standard InChI is InChI=1S/C15H11NO5/c17-11-6-7-13(16(20)21)10(9-11)5-8-15(19)12-3-1-2-4-14(12)18/h1-9,17-18H/b8-5+. The summed E-state index contributed by atoms with van der Waals surface area (Å²) in [6.07, 6.45) is 2.34. The maximum atomic E-state index is 11.9. The monoisotopic (exact) mass is 285 g/mol. The van der Waals surface area contributed by atoms with Crippen LogP contribution in [0, 0.1) is 10.1 Å². The van der Waals surface area contributed by atoms with Gasteiger partial charge in [0.1, 0.15) is 11.5 Å². The third-order valence-corrected chi connectivity index (χ3v) is 2.79. The largest absolute Gasteiger partial charge is 0.508 e. The molecule has 0 aliphatic heterocycles. The van der Waals surface area contributed by atoms with Crippen LogP contribution in [0.4, 0.5) is 5.69 Å². The van der Waals surface area contributed by atoms with Crippen molar-refractivity contribution in [1.82, 2.24) is 0 Å². The molecule has 0 atom stereocenters. The van der Waals surface area contributed by atoms with E-state index in [0.717, 1.165) is 12.1 Å². The second kappa shape index (κ2) is 5.87. The van der Waals surface area contributed by atoms with E-state index >= 15 is 0 Å². The number of rotatable bonds is 4. The predicted molar refractivity (Wildman–Crippen MR) is 76.2 cm³/mol. The Morgan fingerprint density at radius 1 is 1.14 bits per heavy atom. The molecule has 0 spiro atoms. The molecule has 0 saturated carbocycles. The molecule has 6 heteroatoms. The Kier molecular flexibility index (Phi) is 3.99. The SMILES string of the molecule is O=C(/C=C/c1cc(O)ccc1[N+](=O)[O-])c1ccccc1O. The Morgan fingerprint density at radius 3 is 2.52 bits per heavy atom. The maximum Gasteiger partial charge on any atom is 0.276 e. The van der Waals surface area contributed by atoms with E-state index in [4.69, 9.17) is 0 Å². The smallest absolute Gasteiger partial charge is 0.276 e. The second-order valence-corrected chi connectivity index (χ2v) is 4.21. The summed E-state index contributed by atoms with van der Waals surface area (Å²) in [4.78, 5) is 22.2. The minimum absolute atomic E-state index is 0.0940. The fourth-order valence-electron chi connectivity index (χ4n) is 1.78. The first-order valence-corrected chi connectivity index (χ1v) is 5.97. The van der Waals surface area contributed by atoms with Gasteiger partial charge in [0.05, 0.1) is 16.1 Å². The zero-order valence-corrected chi connectivity index (χ0v) is 10.8.